The fourth-order valence-electron chi connectivity index (χ4n) is 1.95. The van der Waals surface area contributed by atoms with E-state index in [1.165, 1.54) is 7.11 Å². The molecule has 1 aromatic rings. The molecule has 1 aromatic carbocycles. The first-order valence-corrected chi connectivity index (χ1v) is 6.56. The molecule has 0 saturated heterocycles. The summed E-state index contributed by atoms with van der Waals surface area (Å²) in [4.78, 5) is 17.3. The van der Waals surface area contributed by atoms with E-state index in [-0.39, 0.29) is 5.91 Å². The number of benzene rings is 1. The lowest BCUT2D eigenvalue weighted by Crippen LogP contribution is -2.28. The molecule has 6 nitrogen and oxygen atoms in total. The molecule has 1 amide bonds. The van der Waals surface area contributed by atoms with E-state index in [2.05, 4.69) is 10.5 Å². The van der Waals surface area contributed by atoms with Gasteiger partial charge in [0.15, 0.2) is 0 Å². The third-order valence-electron chi connectivity index (χ3n) is 3.01. The molecule has 112 valence electrons. The Kier molecular flexibility index (Phi) is 4.81. The van der Waals surface area contributed by atoms with Crippen LogP contribution in [0.15, 0.2) is 35.5 Å². The molecular weight excluding hydrogens is 272 g/mol. The molecule has 0 saturated carbocycles. The number of carbonyl (C=O) groups excluding carboxylic acids is 1. The maximum atomic E-state index is 12.2. The summed E-state index contributed by atoms with van der Waals surface area (Å²) in [6.45, 7) is 1.89. The molecule has 0 radical (unpaired) electrons. The average molecular weight is 290 g/mol. The second kappa shape index (κ2) is 6.78. The van der Waals surface area contributed by atoms with Crippen LogP contribution in [0.4, 0.5) is 5.69 Å². The fourth-order valence-corrected chi connectivity index (χ4v) is 1.95. The molecule has 21 heavy (non-hydrogen) atoms. The maximum Gasteiger partial charge on any atom is 0.268 e. The summed E-state index contributed by atoms with van der Waals surface area (Å²) in [5, 5.41) is 6.63. The Hall–Kier alpha value is -2.50. The van der Waals surface area contributed by atoms with E-state index in [9.17, 15) is 4.79 Å². The van der Waals surface area contributed by atoms with Crippen molar-refractivity contribution in [3.05, 3.63) is 30.4 Å². The number of rotatable bonds is 5. The highest BCUT2D eigenvalue weighted by Crippen LogP contribution is 2.29. The number of hydrogen-bond donors (Lipinski definition) is 1. The minimum absolute atomic E-state index is 0.273. The number of methoxy groups -OCH3 is 2. The van der Waals surface area contributed by atoms with Gasteiger partial charge in [-0.2, -0.15) is 0 Å². The van der Waals surface area contributed by atoms with Crippen LogP contribution in [0.1, 0.15) is 13.3 Å². The van der Waals surface area contributed by atoms with Gasteiger partial charge in [-0.1, -0.05) is 11.2 Å². The van der Waals surface area contributed by atoms with Crippen molar-refractivity contribution in [1.29, 1.82) is 0 Å². The molecule has 0 bridgehead atoms. The van der Waals surface area contributed by atoms with Crippen LogP contribution in [0, 0.1) is 0 Å². The van der Waals surface area contributed by atoms with Crippen LogP contribution in [-0.2, 0) is 9.63 Å². The summed E-state index contributed by atoms with van der Waals surface area (Å²) in [6, 6.07) is 5.18. The Balaban J connectivity index is 2.06. The van der Waals surface area contributed by atoms with Crippen molar-refractivity contribution >= 4 is 17.3 Å². The van der Waals surface area contributed by atoms with Gasteiger partial charge in [-0.05, 0) is 25.1 Å². The van der Waals surface area contributed by atoms with Crippen LogP contribution >= 0.6 is 0 Å². The summed E-state index contributed by atoms with van der Waals surface area (Å²) in [5.41, 5.74) is 1.28. The number of ether oxygens (including phenoxy) is 2. The van der Waals surface area contributed by atoms with Gasteiger partial charge < -0.3 is 19.6 Å². The molecule has 1 unspecified atom stereocenters. The van der Waals surface area contributed by atoms with E-state index in [1.54, 1.807) is 25.3 Å². The predicted molar refractivity (Wildman–Crippen MR) is 79.9 cm³/mol. The summed E-state index contributed by atoms with van der Waals surface area (Å²) < 4.78 is 10.4. The fraction of sp³-hybridized carbons (Fsp3) is 0.333. The van der Waals surface area contributed by atoms with Gasteiger partial charge in [0.05, 0.1) is 25.6 Å². The Bertz CT molecular complexity index is 581. The molecule has 1 heterocycles. The van der Waals surface area contributed by atoms with Crippen molar-refractivity contribution in [2.75, 3.05) is 19.5 Å². The van der Waals surface area contributed by atoms with Gasteiger partial charge in [0.25, 0.3) is 5.91 Å². The van der Waals surface area contributed by atoms with Gasteiger partial charge in [0.2, 0.25) is 6.10 Å². The normalized spacial score (nSPS) is 17.3. The monoisotopic (exact) mass is 290 g/mol. The quantitative estimate of drug-likeness (QED) is 0.904. The lowest BCUT2D eigenvalue weighted by Gasteiger charge is -2.13. The molecular formula is C15H18N2O4. The molecule has 1 N–H and O–H groups in total. The van der Waals surface area contributed by atoms with Gasteiger partial charge in [0, 0.05) is 12.5 Å². The van der Waals surface area contributed by atoms with Crippen LogP contribution in [0.2, 0.25) is 0 Å². The second-order valence-corrected chi connectivity index (χ2v) is 4.44. The topological polar surface area (TPSA) is 69.2 Å². The summed E-state index contributed by atoms with van der Waals surface area (Å²) in [6.07, 6.45) is 3.49. The number of anilines is 1. The smallest absolute Gasteiger partial charge is 0.268 e. The van der Waals surface area contributed by atoms with E-state index in [1.807, 2.05) is 19.1 Å². The lowest BCUT2D eigenvalue weighted by molar-refractivity contribution is -0.125. The van der Waals surface area contributed by atoms with Crippen LogP contribution in [0.25, 0.3) is 0 Å². The molecule has 0 aromatic heterocycles. The van der Waals surface area contributed by atoms with Crippen molar-refractivity contribution in [2.24, 2.45) is 5.16 Å². The molecule has 6 heteroatoms. The van der Waals surface area contributed by atoms with Gasteiger partial charge in [-0.25, -0.2) is 0 Å². The molecule has 0 fully saturated rings. The van der Waals surface area contributed by atoms with Gasteiger partial charge in [0.1, 0.15) is 11.5 Å². The van der Waals surface area contributed by atoms with Crippen molar-refractivity contribution in [1.82, 2.24) is 0 Å². The van der Waals surface area contributed by atoms with E-state index in [0.717, 1.165) is 5.71 Å². The van der Waals surface area contributed by atoms with Crippen molar-refractivity contribution in [3.63, 3.8) is 0 Å². The summed E-state index contributed by atoms with van der Waals surface area (Å²) in [5.74, 6) is 0.908. The van der Waals surface area contributed by atoms with E-state index < -0.39 is 6.10 Å². The first-order chi connectivity index (χ1) is 10.2. The Morgan fingerprint density at radius 1 is 1.43 bits per heavy atom. The SMILES string of the molecule is CC=CC1=NOC(C(=O)Nc2cc(OC)ccc2OC)C1. The molecule has 2 rings (SSSR count). The highest BCUT2D eigenvalue weighted by Gasteiger charge is 2.27. The minimum atomic E-state index is -0.632. The summed E-state index contributed by atoms with van der Waals surface area (Å²) >= 11 is 0. The van der Waals surface area contributed by atoms with Crippen LogP contribution < -0.4 is 14.8 Å². The zero-order valence-corrected chi connectivity index (χ0v) is 12.3. The zero-order valence-electron chi connectivity index (χ0n) is 12.3. The van der Waals surface area contributed by atoms with E-state index in [4.69, 9.17) is 14.3 Å². The largest absolute Gasteiger partial charge is 0.497 e. The van der Waals surface area contributed by atoms with Gasteiger partial charge in [-0.15, -0.1) is 0 Å². The average Bonchev–Trinajstić information content (AvgIpc) is 2.96. The van der Waals surface area contributed by atoms with Crippen molar-refractivity contribution in [3.8, 4) is 11.5 Å². The van der Waals surface area contributed by atoms with Crippen LogP contribution in [-0.4, -0.2) is 31.9 Å². The third kappa shape index (κ3) is 3.53. The highest BCUT2D eigenvalue weighted by atomic mass is 16.6. The van der Waals surface area contributed by atoms with Gasteiger partial charge >= 0.3 is 0 Å². The number of carbonyl (C=O) groups is 1. The predicted octanol–water partition coefficient (Wildman–Crippen LogP) is 2.36. The van der Waals surface area contributed by atoms with Crippen molar-refractivity contribution in [2.45, 2.75) is 19.4 Å². The van der Waals surface area contributed by atoms with E-state index >= 15 is 0 Å². The Morgan fingerprint density at radius 3 is 2.90 bits per heavy atom. The maximum absolute atomic E-state index is 12.2. The molecule has 0 spiro atoms. The zero-order chi connectivity index (χ0) is 15.2. The Labute approximate surface area is 123 Å². The standard InChI is InChI=1S/C15H18N2O4/c1-4-5-10-8-14(21-17-10)15(18)16-12-9-11(19-2)6-7-13(12)20-3/h4-7,9,14H,8H2,1-3H3,(H,16,18). The summed E-state index contributed by atoms with van der Waals surface area (Å²) in [7, 11) is 3.10. The molecule has 1 aliphatic heterocycles. The van der Waals surface area contributed by atoms with E-state index in [0.29, 0.717) is 23.6 Å². The Morgan fingerprint density at radius 2 is 2.24 bits per heavy atom. The minimum Gasteiger partial charge on any atom is -0.497 e. The van der Waals surface area contributed by atoms with Gasteiger partial charge in [-0.3, -0.25) is 4.79 Å². The number of hydrogen-bond acceptors (Lipinski definition) is 5. The number of amides is 1. The lowest BCUT2D eigenvalue weighted by atomic mass is 10.1. The molecule has 0 aliphatic carbocycles. The first kappa shape index (κ1) is 14.9. The second-order valence-electron chi connectivity index (χ2n) is 4.44. The molecule has 1 atom stereocenters. The number of oxime groups is 1. The van der Waals surface area contributed by atoms with Crippen molar-refractivity contribution < 1.29 is 19.1 Å². The first-order valence-electron chi connectivity index (χ1n) is 6.56. The third-order valence-corrected chi connectivity index (χ3v) is 3.01. The highest BCUT2D eigenvalue weighted by molar-refractivity contribution is 6.03. The number of nitrogens with one attached hydrogen (secondary N) is 1. The number of allylic oxidation sites excluding steroid dienone is 2. The van der Waals surface area contributed by atoms with Crippen LogP contribution in [0.5, 0.6) is 11.5 Å². The number of nitrogens with zero attached hydrogens (tertiary/aromatic N) is 1. The van der Waals surface area contributed by atoms with Crippen LogP contribution in [0.3, 0.4) is 0 Å². The molecule has 1 aliphatic rings.